The summed E-state index contributed by atoms with van der Waals surface area (Å²) in [6.45, 7) is 6.61. The second-order valence-electron chi connectivity index (χ2n) is 8.44. The molecular formula is C27H32N2. The summed E-state index contributed by atoms with van der Waals surface area (Å²) in [4.78, 5) is 5.14. The van der Waals surface area contributed by atoms with Gasteiger partial charge in [0.1, 0.15) is 0 Å². The van der Waals surface area contributed by atoms with Gasteiger partial charge in [0.25, 0.3) is 0 Å². The fourth-order valence-electron chi connectivity index (χ4n) is 4.41. The van der Waals surface area contributed by atoms with Crippen molar-refractivity contribution in [3.05, 3.63) is 95.6 Å². The zero-order chi connectivity index (χ0) is 20.1. The summed E-state index contributed by atoms with van der Waals surface area (Å²) >= 11 is 0. The molecule has 1 aliphatic rings. The number of hydrogen-bond acceptors (Lipinski definition) is 2. The number of benzene rings is 3. The van der Waals surface area contributed by atoms with Crippen molar-refractivity contribution in [1.29, 1.82) is 0 Å². The van der Waals surface area contributed by atoms with Crippen molar-refractivity contribution in [3.8, 4) is 11.1 Å². The van der Waals surface area contributed by atoms with E-state index in [-0.39, 0.29) is 0 Å². The number of rotatable bonds is 6. The standard InChI is InChI=1S/C27H32N2/c1-22-8-6-7-11-27(22)25-14-12-24(13-15-25)21-29(20-23-9-4-3-5-10-23)26-16-18-28(2)19-17-26/h3-15,26H,16-21H2,1-2H3. The highest BCUT2D eigenvalue weighted by atomic mass is 15.2. The van der Waals surface area contributed by atoms with E-state index in [9.17, 15) is 0 Å². The molecule has 1 saturated heterocycles. The summed E-state index contributed by atoms with van der Waals surface area (Å²) in [5.41, 5.74) is 6.77. The van der Waals surface area contributed by atoms with Crippen molar-refractivity contribution < 1.29 is 0 Å². The Bertz CT molecular complexity index is 893. The molecule has 1 aliphatic heterocycles. The predicted molar refractivity (Wildman–Crippen MR) is 123 cm³/mol. The minimum Gasteiger partial charge on any atom is -0.306 e. The van der Waals surface area contributed by atoms with Gasteiger partial charge in [0, 0.05) is 19.1 Å². The molecule has 0 amide bonds. The highest BCUT2D eigenvalue weighted by molar-refractivity contribution is 5.67. The van der Waals surface area contributed by atoms with Crippen LogP contribution in [0.1, 0.15) is 29.5 Å². The Morgan fingerprint density at radius 2 is 1.34 bits per heavy atom. The Morgan fingerprint density at radius 3 is 2.00 bits per heavy atom. The fourth-order valence-corrected chi connectivity index (χ4v) is 4.41. The first kappa shape index (κ1) is 19.9. The molecule has 0 bridgehead atoms. The normalized spacial score (nSPS) is 15.7. The Kier molecular flexibility index (Phi) is 6.43. The van der Waals surface area contributed by atoms with Crippen LogP contribution in [-0.2, 0) is 13.1 Å². The van der Waals surface area contributed by atoms with E-state index in [2.05, 4.69) is 103 Å². The van der Waals surface area contributed by atoms with Gasteiger partial charge in [-0.05, 0) is 67.7 Å². The van der Waals surface area contributed by atoms with E-state index in [0.717, 1.165) is 13.1 Å². The average Bonchev–Trinajstić information content (AvgIpc) is 2.76. The number of piperidine rings is 1. The number of nitrogens with zero attached hydrogens (tertiary/aromatic N) is 2. The number of likely N-dealkylation sites (tertiary alicyclic amines) is 1. The lowest BCUT2D eigenvalue weighted by Gasteiger charge is -2.37. The van der Waals surface area contributed by atoms with Crippen molar-refractivity contribution >= 4 is 0 Å². The van der Waals surface area contributed by atoms with Crippen molar-refractivity contribution in [3.63, 3.8) is 0 Å². The molecule has 0 aliphatic carbocycles. The predicted octanol–water partition coefficient (Wildman–Crippen LogP) is 5.76. The molecule has 4 rings (SSSR count). The number of aryl methyl sites for hydroxylation is 1. The van der Waals surface area contributed by atoms with E-state index in [1.165, 1.54) is 53.7 Å². The van der Waals surface area contributed by atoms with Crippen LogP contribution in [0, 0.1) is 6.92 Å². The Morgan fingerprint density at radius 1 is 0.759 bits per heavy atom. The molecule has 150 valence electrons. The third-order valence-corrected chi connectivity index (χ3v) is 6.23. The van der Waals surface area contributed by atoms with Gasteiger partial charge in [-0.3, -0.25) is 4.90 Å². The van der Waals surface area contributed by atoms with Crippen LogP contribution >= 0.6 is 0 Å². The highest BCUT2D eigenvalue weighted by Crippen LogP contribution is 2.25. The van der Waals surface area contributed by atoms with Gasteiger partial charge in [0.15, 0.2) is 0 Å². The molecule has 0 radical (unpaired) electrons. The van der Waals surface area contributed by atoms with E-state index >= 15 is 0 Å². The van der Waals surface area contributed by atoms with E-state index in [0.29, 0.717) is 6.04 Å². The Labute approximate surface area is 175 Å². The van der Waals surface area contributed by atoms with Crippen molar-refractivity contribution in [1.82, 2.24) is 9.80 Å². The second-order valence-corrected chi connectivity index (χ2v) is 8.44. The third kappa shape index (κ3) is 5.14. The molecule has 0 aromatic heterocycles. The summed E-state index contributed by atoms with van der Waals surface area (Å²) in [5.74, 6) is 0. The summed E-state index contributed by atoms with van der Waals surface area (Å²) in [7, 11) is 2.24. The SMILES string of the molecule is Cc1ccccc1-c1ccc(CN(Cc2ccccc2)C2CCN(C)CC2)cc1. The maximum Gasteiger partial charge on any atom is 0.0240 e. The maximum absolute atomic E-state index is 2.69. The Balaban J connectivity index is 1.51. The van der Waals surface area contributed by atoms with Crippen molar-refractivity contribution in [2.45, 2.75) is 38.9 Å². The molecule has 0 N–H and O–H groups in total. The van der Waals surface area contributed by atoms with Crippen LogP contribution < -0.4 is 0 Å². The van der Waals surface area contributed by atoms with Crippen LogP contribution in [0.4, 0.5) is 0 Å². The zero-order valence-corrected chi connectivity index (χ0v) is 17.7. The van der Waals surface area contributed by atoms with Crippen LogP contribution in [0.25, 0.3) is 11.1 Å². The summed E-state index contributed by atoms with van der Waals surface area (Å²) in [5, 5.41) is 0. The van der Waals surface area contributed by atoms with Crippen LogP contribution in [0.5, 0.6) is 0 Å². The van der Waals surface area contributed by atoms with Gasteiger partial charge < -0.3 is 4.90 Å². The largest absolute Gasteiger partial charge is 0.306 e. The summed E-state index contributed by atoms with van der Waals surface area (Å²) in [6.07, 6.45) is 2.51. The first-order chi connectivity index (χ1) is 14.2. The molecule has 1 heterocycles. The van der Waals surface area contributed by atoms with Gasteiger partial charge in [-0.1, -0.05) is 78.9 Å². The molecule has 2 nitrogen and oxygen atoms in total. The van der Waals surface area contributed by atoms with Crippen LogP contribution in [-0.4, -0.2) is 36.0 Å². The molecule has 0 unspecified atom stereocenters. The maximum atomic E-state index is 2.69. The van der Waals surface area contributed by atoms with E-state index in [1.54, 1.807) is 0 Å². The molecule has 3 aromatic rings. The van der Waals surface area contributed by atoms with Gasteiger partial charge >= 0.3 is 0 Å². The molecule has 1 fully saturated rings. The van der Waals surface area contributed by atoms with Gasteiger partial charge in [-0.25, -0.2) is 0 Å². The van der Waals surface area contributed by atoms with Crippen LogP contribution in [0.3, 0.4) is 0 Å². The van der Waals surface area contributed by atoms with Gasteiger partial charge in [0.05, 0.1) is 0 Å². The van der Waals surface area contributed by atoms with Crippen LogP contribution in [0.15, 0.2) is 78.9 Å². The Hall–Kier alpha value is -2.42. The molecule has 29 heavy (non-hydrogen) atoms. The molecular weight excluding hydrogens is 352 g/mol. The minimum absolute atomic E-state index is 0.655. The quantitative estimate of drug-likeness (QED) is 0.533. The lowest BCUT2D eigenvalue weighted by Crippen LogP contribution is -2.43. The first-order valence-corrected chi connectivity index (χ1v) is 10.8. The first-order valence-electron chi connectivity index (χ1n) is 10.8. The van der Waals surface area contributed by atoms with Gasteiger partial charge in [-0.2, -0.15) is 0 Å². The smallest absolute Gasteiger partial charge is 0.0240 e. The van der Waals surface area contributed by atoms with Crippen molar-refractivity contribution in [2.75, 3.05) is 20.1 Å². The van der Waals surface area contributed by atoms with E-state index in [1.807, 2.05) is 0 Å². The van der Waals surface area contributed by atoms with E-state index in [4.69, 9.17) is 0 Å². The fraction of sp³-hybridized carbons (Fsp3) is 0.333. The minimum atomic E-state index is 0.655. The topological polar surface area (TPSA) is 6.48 Å². The summed E-state index contributed by atoms with van der Waals surface area (Å²) < 4.78 is 0. The van der Waals surface area contributed by atoms with Crippen LogP contribution in [0.2, 0.25) is 0 Å². The lowest BCUT2D eigenvalue weighted by molar-refractivity contribution is 0.108. The van der Waals surface area contributed by atoms with E-state index < -0.39 is 0 Å². The zero-order valence-electron chi connectivity index (χ0n) is 17.7. The molecule has 2 heteroatoms. The molecule has 3 aromatic carbocycles. The van der Waals surface area contributed by atoms with Gasteiger partial charge in [0.2, 0.25) is 0 Å². The molecule has 0 saturated carbocycles. The number of hydrogen-bond donors (Lipinski definition) is 0. The average molecular weight is 385 g/mol. The summed E-state index contributed by atoms with van der Waals surface area (Å²) in [6, 6.07) is 29.4. The monoisotopic (exact) mass is 384 g/mol. The molecule has 0 spiro atoms. The molecule has 0 atom stereocenters. The third-order valence-electron chi connectivity index (χ3n) is 6.23. The second kappa shape index (κ2) is 9.39. The van der Waals surface area contributed by atoms with Crippen molar-refractivity contribution in [2.24, 2.45) is 0 Å². The highest BCUT2D eigenvalue weighted by Gasteiger charge is 2.23. The lowest BCUT2D eigenvalue weighted by atomic mass is 9.98. The van der Waals surface area contributed by atoms with Gasteiger partial charge in [-0.15, -0.1) is 0 Å².